The van der Waals surface area contributed by atoms with E-state index in [1.165, 1.54) is 17.7 Å². The number of halogens is 1. The number of hydrogen-bond acceptors (Lipinski definition) is 2. The Kier molecular flexibility index (Phi) is 4.42. The summed E-state index contributed by atoms with van der Waals surface area (Å²) in [6, 6.07) is 6.44. The molecule has 1 fully saturated rings. The molecule has 1 saturated heterocycles. The Hall–Kier alpha value is -0.730. The van der Waals surface area contributed by atoms with E-state index in [1.807, 2.05) is 6.07 Å². The quantitative estimate of drug-likeness (QED) is 0.907. The average Bonchev–Trinajstić information content (AvgIpc) is 2.71. The summed E-state index contributed by atoms with van der Waals surface area (Å²) < 4.78 is 0. The minimum atomic E-state index is 0.232. The summed E-state index contributed by atoms with van der Waals surface area (Å²) in [6.45, 7) is 9.01. The van der Waals surface area contributed by atoms with Crippen LogP contribution in [0.1, 0.15) is 39.2 Å². The van der Waals surface area contributed by atoms with Gasteiger partial charge in [-0.05, 0) is 42.4 Å². The van der Waals surface area contributed by atoms with Gasteiger partial charge in [0.1, 0.15) is 0 Å². The second-order valence-corrected chi connectivity index (χ2v) is 6.92. The summed E-state index contributed by atoms with van der Waals surface area (Å²) >= 11 is 6.18. The molecule has 1 aromatic rings. The maximum absolute atomic E-state index is 6.18. The molecule has 1 atom stereocenters. The number of hydrogen-bond donors (Lipinski definition) is 1. The van der Waals surface area contributed by atoms with Crippen LogP contribution in [0.15, 0.2) is 18.2 Å². The van der Waals surface area contributed by atoms with Crippen molar-refractivity contribution in [2.45, 2.75) is 46.1 Å². The van der Waals surface area contributed by atoms with E-state index in [9.17, 15) is 0 Å². The molecule has 2 N–H and O–H groups in total. The zero-order valence-corrected chi connectivity index (χ0v) is 13.0. The van der Waals surface area contributed by atoms with Gasteiger partial charge in [-0.3, -0.25) is 0 Å². The topological polar surface area (TPSA) is 29.3 Å². The van der Waals surface area contributed by atoms with Crippen LogP contribution in [0.5, 0.6) is 0 Å². The monoisotopic (exact) mass is 280 g/mol. The van der Waals surface area contributed by atoms with E-state index in [0.29, 0.717) is 5.41 Å². The van der Waals surface area contributed by atoms with Crippen LogP contribution in [-0.2, 0) is 6.42 Å². The van der Waals surface area contributed by atoms with Crippen molar-refractivity contribution in [3.63, 3.8) is 0 Å². The maximum atomic E-state index is 6.18. The second-order valence-electron chi connectivity index (χ2n) is 6.48. The predicted molar refractivity (Wildman–Crippen MR) is 84.0 cm³/mol. The van der Waals surface area contributed by atoms with Crippen molar-refractivity contribution < 1.29 is 0 Å². The lowest BCUT2D eigenvalue weighted by Gasteiger charge is -2.25. The van der Waals surface area contributed by atoms with Gasteiger partial charge in [0, 0.05) is 29.8 Å². The SMILES string of the molecule is CCC(N)Cc1ccc(Cl)cc1N1CCC(C)(C)C1. The molecular formula is C16H25ClN2. The first-order valence-electron chi connectivity index (χ1n) is 7.20. The van der Waals surface area contributed by atoms with E-state index in [0.717, 1.165) is 31.0 Å². The normalized spacial score (nSPS) is 19.7. The Balaban J connectivity index is 2.25. The number of anilines is 1. The molecule has 3 heteroatoms. The highest BCUT2D eigenvalue weighted by Crippen LogP contribution is 2.35. The largest absolute Gasteiger partial charge is 0.371 e. The van der Waals surface area contributed by atoms with Gasteiger partial charge in [-0.2, -0.15) is 0 Å². The predicted octanol–water partition coefficient (Wildman–Crippen LogP) is 3.86. The lowest BCUT2D eigenvalue weighted by atomic mass is 9.93. The highest BCUT2D eigenvalue weighted by atomic mass is 35.5. The lowest BCUT2D eigenvalue weighted by molar-refractivity contribution is 0.418. The van der Waals surface area contributed by atoms with Crippen molar-refractivity contribution in [2.75, 3.05) is 18.0 Å². The summed E-state index contributed by atoms with van der Waals surface area (Å²) in [5, 5.41) is 0.813. The fraction of sp³-hybridized carbons (Fsp3) is 0.625. The van der Waals surface area contributed by atoms with E-state index in [4.69, 9.17) is 17.3 Å². The van der Waals surface area contributed by atoms with Gasteiger partial charge in [-0.15, -0.1) is 0 Å². The maximum Gasteiger partial charge on any atom is 0.0426 e. The van der Waals surface area contributed by atoms with E-state index in [1.54, 1.807) is 0 Å². The lowest BCUT2D eigenvalue weighted by Crippen LogP contribution is -2.26. The standard InChI is InChI=1S/C16H25ClN2/c1-4-14(18)9-12-5-6-13(17)10-15(12)19-8-7-16(2,3)11-19/h5-6,10,14H,4,7-9,11,18H2,1-3H3. The van der Waals surface area contributed by atoms with E-state index < -0.39 is 0 Å². The molecule has 2 nitrogen and oxygen atoms in total. The van der Waals surface area contributed by atoms with E-state index in [-0.39, 0.29) is 6.04 Å². The van der Waals surface area contributed by atoms with Crippen molar-refractivity contribution in [1.29, 1.82) is 0 Å². The highest BCUT2D eigenvalue weighted by molar-refractivity contribution is 6.30. The highest BCUT2D eigenvalue weighted by Gasteiger charge is 2.30. The first kappa shape index (κ1) is 14.7. The van der Waals surface area contributed by atoms with Gasteiger partial charge in [0.2, 0.25) is 0 Å². The van der Waals surface area contributed by atoms with Crippen LogP contribution in [0, 0.1) is 5.41 Å². The zero-order chi connectivity index (χ0) is 14.0. The van der Waals surface area contributed by atoms with Crippen molar-refractivity contribution in [3.05, 3.63) is 28.8 Å². The van der Waals surface area contributed by atoms with Crippen LogP contribution < -0.4 is 10.6 Å². The fourth-order valence-electron chi connectivity index (χ4n) is 2.75. The average molecular weight is 281 g/mol. The Morgan fingerprint density at radius 1 is 1.42 bits per heavy atom. The molecule has 0 aromatic heterocycles. The van der Waals surface area contributed by atoms with E-state index in [2.05, 4.69) is 37.8 Å². The van der Waals surface area contributed by atoms with E-state index >= 15 is 0 Å². The van der Waals surface area contributed by atoms with Gasteiger partial charge in [0.25, 0.3) is 0 Å². The van der Waals surface area contributed by atoms with Gasteiger partial charge in [0.05, 0.1) is 0 Å². The Bertz CT molecular complexity index is 442. The molecule has 1 heterocycles. The summed E-state index contributed by atoms with van der Waals surface area (Å²) in [5.41, 5.74) is 9.12. The third-order valence-corrected chi connectivity index (χ3v) is 4.31. The molecule has 0 spiro atoms. The smallest absolute Gasteiger partial charge is 0.0426 e. The summed E-state index contributed by atoms with van der Waals surface area (Å²) in [6.07, 6.45) is 3.17. The Morgan fingerprint density at radius 2 is 2.16 bits per heavy atom. The number of benzene rings is 1. The number of rotatable bonds is 4. The molecule has 19 heavy (non-hydrogen) atoms. The fourth-order valence-corrected chi connectivity index (χ4v) is 2.92. The van der Waals surface area contributed by atoms with Gasteiger partial charge < -0.3 is 10.6 Å². The van der Waals surface area contributed by atoms with Crippen LogP contribution >= 0.6 is 11.6 Å². The Labute approximate surface area is 121 Å². The second kappa shape index (κ2) is 5.72. The zero-order valence-electron chi connectivity index (χ0n) is 12.2. The van der Waals surface area contributed by atoms with Crippen molar-refractivity contribution >= 4 is 17.3 Å². The number of nitrogens with two attached hydrogens (primary N) is 1. The van der Waals surface area contributed by atoms with Gasteiger partial charge in [-0.25, -0.2) is 0 Å². The van der Waals surface area contributed by atoms with Gasteiger partial charge in [-0.1, -0.05) is 38.4 Å². The Morgan fingerprint density at radius 3 is 2.74 bits per heavy atom. The summed E-state index contributed by atoms with van der Waals surface area (Å²) in [4.78, 5) is 2.46. The van der Waals surface area contributed by atoms with Crippen LogP contribution in [0.2, 0.25) is 5.02 Å². The molecule has 1 unspecified atom stereocenters. The van der Waals surface area contributed by atoms with Crippen LogP contribution in [0.25, 0.3) is 0 Å². The molecule has 0 saturated carbocycles. The summed E-state index contributed by atoms with van der Waals surface area (Å²) in [5.74, 6) is 0. The van der Waals surface area contributed by atoms with Crippen molar-refractivity contribution in [2.24, 2.45) is 11.1 Å². The molecule has 2 rings (SSSR count). The minimum absolute atomic E-state index is 0.232. The molecule has 0 aliphatic carbocycles. The van der Waals surface area contributed by atoms with Gasteiger partial charge in [0.15, 0.2) is 0 Å². The minimum Gasteiger partial charge on any atom is -0.371 e. The third kappa shape index (κ3) is 3.64. The first-order valence-corrected chi connectivity index (χ1v) is 7.58. The summed E-state index contributed by atoms with van der Waals surface area (Å²) in [7, 11) is 0. The van der Waals surface area contributed by atoms with Gasteiger partial charge >= 0.3 is 0 Å². The molecular weight excluding hydrogens is 256 g/mol. The molecule has 0 radical (unpaired) electrons. The third-order valence-electron chi connectivity index (χ3n) is 4.07. The first-order chi connectivity index (χ1) is 8.91. The molecule has 106 valence electrons. The molecule has 1 aliphatic rings. The number of nitrogens with zero attached hydrogens (tertiary/aromatic N) is 1. The van der Waals surface area contributed by atoms with Crippen LogP contribution in [-0.4, -0.2) is 19.1 Å². The molecule has 1 aromatic carbocycles. The molecule has 0 bridgehead atoms. The molecule has 0 amide bonds. The molecule has 1 aliphatic heterocycles. The van der Waals surface area contributed by atoms with Crippen LogP contribution in [0.3, 0.4) is 0 Å². The van der Waals surface area contributed by atoms with Crippen LogP contribution in [0.4, 0.5) is 5.69 Å². The van der Waals surface area contributed by atoms with Crippen molar-refractivity contribution in [3.8, 4) is 0 Å². The van der Waals surface area contributed by atoms with Crippen molar-refractivity contribution in [1.82, 2.24) is 0 Å².